The molecule has 10 heavy (non-hydrogen) atoms. The Kier molecular flexibility index (Phi) is 2.19. The fourth-order valence-corrected chi connectivity index (χ4v) is 2.04. The van der Waals surface area contributed by atoms with Gasteiger partial charge in [-0.3, -0.25) is 4.79 Å². The van der Waals surface area contributed by atoms with E-state index in [1.807, 2.05) is 13.8 Å². The minimum absolute atomic E-state index is 0.165. The highest BCUT2D eigenvalue weighted by atomic mass is 32.2. The first kappa shape index (κ1) is 7.86. The van der Waals surface area contributed by atoms with Crippen molar-refractivity contribution in [2.75, 3.05) is 0 Å². The summed E-state index contributed by atoms with van der Waals surface area (Å²) in [6.07, 6.45) is 1.77. The van der Waals surface area contributed by atoms with Gasteiger partial charge in [0.25, 0.3) is 0 Å². The maximum atomic E-state index is 11.1. The molecule has 1 aliphatic rings. The molecular weight excluding hydrogens is 144 g/mol. The molecule has 1 nitrogen and oxygen atoms in total. The van der Waals surface area contributed by atoms with Crippen LogP contribution in [0.5, 0.6) is 0 Å². The summed E-state index contributed by atoms with van der Waals surface area (Å²) in [5, 5.41) is 0.686. The van der Waals surface area contributed by atoms with Crippen molar-refractivity contribution in [1.29, 1.82) is 0 Å². The fourth-order valence-electron chi connectivity index (χ4n) is 0.940. The molecule has 1 rings (SSSR count). The third kappa shape index (κ3) is 1.43. The van der Waals surface area contributed by atoms with Crippen LogP contribution in [0.25, 0.3) is 0 Å². The molecule has 0 saturated carbocycles. The van der Waals surface area contributed by atoms with Crippen molar-refractivity contribution in [1.82, 2.24) is 0 Å². The molecule has 0 amide bonds. The topological polar surface area (TPSA) is 17.1 Å². The molecule has 0 spiro atoms. The Labute approximate surface area is 65.9 Å². The van der Waals surface area contributed by atoms with E-state index in [4.69, 9.17) is 0 Å². The third-order valence-corrected chi connectivity index (χ3v) is 3.24. The van der Waals surface area contributed by atoms with Gasteiger partial charge < -0.3 is 0 Å². The van der Waals surface area contributed by atoms with Crippen LogP contribution >= 0.6 is 11.8 Å². The van der Waals surface area contributed by atoms with Gasteiger partial charge in [0.1, 0.15) is 0 Å². The smallest absolute Gasteiger partial charge is 0.168 e. The first-order valence-corrected chi connectivity index (χ1v) is 4.43. The summed E-state index contributed by atoms with van der Waals surface area (Å²) in [7, 11) is 0. The summed E-state index contributed by atoms with van der Waals surface area (Å²) >= 11 is 1.74. The molecule has 2 unspecified atom stereocenters. The molecule has 0 aliphatic carbocycles. The molecule has 1 aliphatic heterocycles. The van der Waals surface area contributed by atoms with Gasteiger partial charge in [0.05, 0.1) is 5.25 Å². The van der Waals surface area contributed by atoms with Crippen molar-refractivity contribution in [3.8, 4) is 0 Å². The van der Waals surface area contributed by atoms with Gasteiger partial charge in [-0.15, -0.1) is 11.8 Å². The van der Waals surface area contributed by atoms with E-state index in [1.165, 1.54) is 5.57 Å². The van der Waals surface area contributed by atoms with E-state index < -0.39 is 0 Å². The quantitative estimate of drug-likeness (QED) is 0.534. The number of ketones is 1. The van der Waals surface area contributed by atoms with Gasteiger partial charge in [-0.2, -0.15) is 0 Å². The minimum Gasteiger partial charge on any atom is -0.294 e. The van der Waals surface area contributed by atoms with Crippen LogP contribution in [0.3, 0.4) is 0 Å². The normalized spacial score (nSPS) is 33.9. The Morgan fingerprint density at radius 2 is 2.00 bits per heavy atom. The van der Waals surface area contributed by atoms with Crippen LogP contribution in [-0.2, 0) is 4.79 Å². The zero-order valence-electron chi connectivity index (χ0n) is 6.55. The van der Waals surface area contributed by atoms with Crippen molar-refractivity contribution >= 4 is 17.5 Å². The molecule has 0 aromatic heterocycles. The van der Waals surface area contributed by atoms with Crippen molar-refractivity contribution in [2.45, 2.75) is 31.3 Å². The second-order valence-corrected chi connectivity index (χ2v) is 4.40. The van der Waals surface area contributed by atoms with Gasteiger partial charge in [-0.1, -0.05) is 5.57 Å². The standard InChI is InChI=1S/C8H12OS/c1-5-4-8(9)7(3)10-6(5)2/h4,6-7H,1-3H3. The lowest BCUT2D eigenvalue weighted by atomic mass is 10.1. The number of carbonyl (C=O) groups is 1. The van der Waals surface area contributed by atoms with Crippen LogP contribution in [-0.4, -0.2) is 16.3 Å². The molecule has 0 aromatic carbocycles. The Bertz CT molecular complexity index is 184. The van der Waals surface area contributed by atoms with Crippen LogP contribution in [0.4, 0.5) is 0 Å². The highest BCUT2D eigenvalue weighted by Gasteiger charge is 2.21. The number of carbonyl (C=O) groups excluding carboxylic acids is 1. The molecule has 0 saturated heterocycles. The summed E-state index contributed by atoms with van der Waals surface area (Å²) < 4.78 is 0. The fraction of sp³-hybridized carbons (Fsp3) is 0.625. The Morgan fingerprint density at radius 1 is 1.40 bits per heavy atom. The van der Waals surface area contributed by atoms with Crippen LogP contribution < -0.4 is 0 Å². The van der Waals surface area contributed by atoms with E-state index in [2.05, 4.69) is 6.92 Å². The van der Waals surface area contributed by atoms with E-state index in [1.54, 1.807) is 17.8 Å². The summed E-state index contributed by atoms with van der Waals surface area (Å²) in [6, 6.07) is 0. The van der Waals surface area contributed by atoms with Gasteiger partial charge in [0.2, 0.25) is 0 Å². The summed E-state index contributed by atoms with van der Waals surface area (Å²) in [5.41, 5.74) is 1.20. The average molecular weight is 156 g/mol. The summed E-state index contributed by atoms with van der Waals surface area (Å²) in [6.45, 7) is 6.12. The van der Waals surface area contributed by atoms with Gasteiger partial charge in [0.15, 0.2) is 5.78 Å². The molecule has 1 heterocycles. The predicted molar refractivity (Wildman–Crippen MR) is 45.3 cm³/mol. The van der Waals surface area contributed by atoms with Crippen molar-refractivity contribution in [2.24, 2.45) is 0 Å². The van der Waals surface area contributed by atoms with Crippen LogP contribution in [0, 0.1) is 0 Å². The molecule has 2 atom stereocenters. The van der Waals surface area contributed by atoms with E-state index in [0.29, 0.717) is 5.25 Å². The number of hydrogen-bond acceptors (Lipinski definition) is 2. The minimum atomic E-state index is 0.165. The number of allylic oxidation sites excluding steroid dienone is 1. The van der Waals surface area contributed by atoms with E-state index in [9.17, 15) is 4.79 Å². The highest BCUT2D eigenvalue weighted by Crippen LogP contribution is 2.28. The van der Waals surface area contributed by atoms with E-state index in [-0.39, 0.29) is 11.0 Å². The summed E-state index contributed by atoms with van der Waals surface area (Å²) in [4.78, 5) is 11.1. The van der Waals surface area contributed by atoms with Gasteiger partial charge >= 0.3 is 0 Å². The van der Waals surface area contributed by atoms with Crippen molar-refractivity contribution in [3.63, 3.8) is 0 Å². The molecular formula is C8H12OS. The number of hydrogen-bond donors (Lipinski definition) is 0. The Hall–Kier alpha value is -0.240. The lowest BCUT2D eigenvalue weighted by molar-refractivity contribution is -0.114. The molecule has 0 bridgehead atoms. The molecule has 0 aromatic rings. The van der Waals surface area contributed by atoms with Gasteiger partial charge in [-0.05, 0) is 26.8 Å². The average Bonchev–Trinajstić information content (AvgIpc) is 1.84. The van der Waals surface area contributed by atoms with Gasteiger partial charge in [-0.25, -0.2) is 0 Å². The lowest BCUT2D eigenvalue weighted by Crippen LogP contribution is -2.20. The van der Waals surface area contributed by atoms with Gasteiger partial charge in [0, 0.05) is 5.25 Å². The summed E-state index contributed by atoms with van der Waals surface area (Å²) in [5.74, 6) is 0.264. The van der Waals surface area contributed by atoms with Crippen LogP contribution in [0.2, 0.25) is 0 Å². The van der Waals surface area contributed by atoms with Crippen LogP contribution in [0.15, 0.2) is 11.6 Å². The van der Waals surface area contributed by atoms with Crippen LogP contribution in [0.1, 0.15) is 20.8 Å². The molecule has 56 valence electrons. The Balaban J connectivity index is 2.79. The predicted octanol–water partition coefficient (Wildman–Crippen LogP) is 2.03. The first-order valence-electron chi connectivity index (χ1n) is 3.48. The second kappa shape index (κ2) is 2.79. The number of rotatable bonds is 0. The highest BCUT2D eigenvalue weighted by molar-refractivity contribution is 8.01. The molecule has 0 N–H and O–H groups in total. The molecule has 0 radical (unpaired) electrons. The van der Waals surface area contributed by atoms with E-state index >= 15 is 0 Å². The maximum Gasteiger partial charge on any atom is 0.168 e. The monoisotopic (exact) mass is 156 g/mol. The zero-order chi connectivity index (χ0) is 7.72. The van der Waals surface area contributed by atoms with Crippen molar-refractivity contribution < 1.29 is 4.79 Å². The molecule has 2 heteroatoms. The number of thioether (sulfide) groups is 1. The Morgan fingerprint density at radius 3 is 2.50 bits per heavy atom. The molecule has 0 fully saturated rings. The third-order valence-electron chi connectivity index (χ3n) is 1.82. The lowest BCUT2D eigenvalue weighted by Gasteiger charge is -2.20. The SMILES string of the molecule is CC1=CC(=O)C(C)SC1C. The van der Waals surface area contributed by atoms with Crippen molar-refractivity contribution in [3.05, 3.63) is 11.6 Å². The van der Waals surface area contributed by atoms with E-state index in [0.717, 1.165) is 0 Å². The zero-order valence-corrected chi connectivity index (χ0v) is 7.37. The largest absolute Gasteiger partial charge is 0.294 e. The second-order valence-electron chi connectivity index (χ2n) is 2.71. The maximum absolute atomic E-state index is 11.1. The first-order chi connectivity index (χ1) is 4.61.